The first kappa shape index (κ1) is 75.4. The summed E-state index contributed by atoms with van der Waals surface area (Å²) >= 11 is 14.4. The van der Waals surface area contributed by atoms with Crippen molar-refractivity contribution in [3.05, 3.63) is 0 Å². The summed E-state index contributed by atoms with van der Waals surface area (Å²) in [6, 6.07) is 0. The van der Waals surface area contributed by atoms with E-state index in [1.807, 2.05) is 0 Å². The van der Waals surface area contributed by atoms with Crippen LogP contribution < -0.4 is 0 Å². The maximum absolute atomic E-state index is 7.56. The van der Waals surface area contributed by atoms with Crippen molar-refractivity contribution >= 4 is 74.1 Å². The van der Waals surface area contributed by atoms with E-state index in [1.54, 1.807) is 0 Å². The van der Waals surface area contributed by atoms with Gasteiger partial charge in [0.15, 0.2) is 0 Å². The fraction of sp³-hybridized carbons (Fsp3) is 1.00. The first-order valence-corrected chi connectivity index (χ1v) is 33.0. The lowest BCUT2D eigenvalue weighted by Crippen LogP contribution is -1.80. The van der Waals surface area contributed by atoms with Crippen molar-refractivity contribution in [2.75, 3.05) is 0 Å². The molecule has 0 unspecified atom stereocenters. The van der Waals surface area contributed by atoms with E-state index in [1.165, 1.54) is 212 Å². The summed E-state index contributed by atoms with van der Waals surface area (Å²) < 4.78 is 0. The molecule has 0 fully saturated rings. The molecular formula is C39H96O12P4S4. The lowest BCUT2D eigenvalue weighted by molar-refractivity contribution is 0.361. The Morgan fingerprint density at radius 1 is 0.186 bits per heavy atom. The molecule has 0 atom stereocenters. The normalized spacial score (nSPS) is 11.0. The van der Waals surface area contributed by atoms with Crippen LogP contribution in [-0.4, -0.2) is 58.7 Å². The largest absolute Gasteiger partial charge is 0.325 e. The van der Waals surface area contributed by atoms with Crippen LogP contribution in [-0.2, 0) is 47.2 Å². The number of rotatable bonds is 30. The van der Waals surface area contributed by atoms with Crippen molar-refractivity contribution in [2.45, 2.75) is 253 Å². The quantitative estimate of drug-likeness (QED) is 0.0236. The molecule has 0 heterocycles. The van der Waals surface area contributed by atoms with Crippen molar-refractivity contribution in [3.8, 4) is 0 Å². The minimum atomic E-state index is -3.81. The molecule has 0 amide bonds. The summed E-state index contributed by atoms with van der Waals surface area (Å²) in [6.45, 7) is -1.53. The molecule has 0 aromatic rings. The van der Waals surface area contributed by atoms with Gasteiger partial charge in [0, 0.05) is 0 Å². The molecule has 12 N–H and O–H groups in total. The van der Waals surface area contributed by atoms with Crippen LogP contribution in [0.3, 0.4) is 0 Å². The Bertz CT molecular complexity index is 742. The third-order valence-electron chi connectivity index (χ3n) is 8.12. The molecule has 0 aliphatic rings. The molecule has 0 saturated heterocycles. The van der Waals surface area contributed by atoms with Gasteiger partial charge in [0.2, 0.25) is 0 Å². The molecule has 20 heteroatoms. The fourth-order valence-corrected chi connectivity index (χ4v) is 5.21. The Hall–Kier alpha value is 2.12. The van der Waals surface area contributed by atoms with E-state index in [0.717, 1.165) is 0 Å². The molecule has 59 heavy (non-hydrogen) atoms. The molecule has 0 aromatic heterocycles. The van der Waals surface area contributed by atoms with E-state index in [0.29, 0.717) is 0 Å². The van der Waals surface area contributed by atoms with E-state index >= 15 is 0 Å². The monoisotopic (exact) mass is 1010 g/mol. The van der Waals surface area contributed by atoms with Gasteiger partial charge in [-0.25, -0.2) is 0 Å². The maximum atomic E-state index is 7.56. The number of hydrogen-bond acceptors (Lipinski definition) is 4. The molecule has 0 saturated carbocycles. The lowest BCUT2D eigenvalue weighted by atomic mass is 10.1. The first-order valence-electron chi connectivity index (χ1n) is 22.4. The smallest absolute Gasteiger partial charge is 0.319 e. The zero-order valence-corrected chi connectivity index (χ0v) is 45.0. The molecule has 0 rings (SSSR count). The predicted molar refractivity (Wildman–Crippen MR) is 270 cm³/mol. The number of hydrogen-bond donors (Lipinski definition) is 12. The SMILES string of the molecule is CCCCCCCCCCCCC.CCCCCCCCCCCCC.CCCCCCCCCCCCC.OP(O)(O)=S.OP(O)(O)=S.OP(O)(O)=S.OP(O)(O)=S. The average molecular weight is 1010 g/mol. The summed E-state index contributed by atoms with van der Waals surface area (Å²) in [5.41, 5.74) is 0. The average Bonchev–Trinajstić information content (AvgIpc) is 3.07. The Morgan fingerprint density at radius 3 is 0.288 bits per heavy atom. The fourth-order valence-electron chi connectivity index (χ4n) is 5.21. The summed E-state index contributed by atoms with van der Waals surface area (Å²) in [5, 5.41) is 0. The zero-order valence-electron chi connectivity index (χ0n) is 38.1. The van der Waals surface area contributed by atoms with E-state index in [9.17, 15) is 0 Å². The van der Waals surface area contributed by atoms with Crippen LogP contribution in [0, 0.1) is 0 Å². The van der Waals surface area contributed by atoms with Gasteiger partial charge in [0.05, 0.1) is 0 Å². The molecule has 0 spiro atoms. The van der Waals surface area contributed by atoms with Crippen molar-refractivity contribution in [1.29, 1.82) is 0 Å². The van der Waals surface area contributed by atoms with E-state index in [-0.39, 0.29) is 0 Å². The number of unbranched alkanes of at least 4 members (excludes halogenated alkanes) is 30. The molecule has 0 bridgehead atoms. The van der Waals surface area contributed by atoms with Gasteiger partial charge in [-0.3, -0.25) is 0 Å². The Kier molecular flexibility index (Phi) is 76.9. The van der Waals surface area contributed by atoms with Crippen molar-refractivity contribution < 1.29 is 58.7 Å². The zero-order chi connectivity index (χ0) is 47.3. The summed E-state index contributed by atoms with van der Waals surface area (Å²) in [5.74, 6) is 0. The van der Waals surface area contributed by atoms with Crippen LogP contribution in [0.1, 0.15) is 253 Å². The highest BCUT2D eigenvalue weighted by Gasteiger charge is 1.95. The summed E-state index contributed by atoms with van der Waals surface area (Å²) in [6.07, 6.45) is 47.8. The molecular weight excluding hydrogens is 913 g/mol. The van der Waals surface area contributed by atoms with Crippen LogP contribution >= 0.6 is 26.9 Å². The Morgan fingerprint density at radius 2 is 0.237 bits per heavy atom. The Balaban J connectivity index is -0.000000112. The van der Waals surface area contributed by atoms with Gasteiger partial charge in [-0.05, 0) is 47.2 Å². The standard InChI is InChI=1S/3C13H28.4H3O3PS/c3*1-3-5-7-9-11-13-12-10-8-6-4-2;4*1-4(2,3)5/h3*3-13H2,1-2H3;4*(H3,1,2,3,5). The third kappa shape index (κ3) is 197. The maximum Gasteiger partial charge on any atom is 0.319 e. The van der Waals surface area contributed by atoms with Crippen molar-refractivity contribution in [3.63, 3.8) is 0 Å². The minimum absolute atomic E-state index is 1.37. The van der Waals surface area contributed by atoms with Crippen LogP contribution in [0.2, 0.25) is 0 Å². The van der Waals surface area contributed by atoms with Crippen LogP contribution in [0.4, 0.5) is 0 Å². The van der Waals surface area contributed by atoms with Gasteiger partial charge in [-0.1, -0.05) is 253 Å². The molecule has 0 radical (unpaired) electrons. The topological polar surface area (TPSA) is 243 Å². The minimum Gasteiger partial charge on any atom is -0.325 e. The van der Waals surface area contributed by atoms with Crippen molar-refractivity contribution in [1.82, 2.24) is 0 Å². The molecule has 0 aromatic carbocycles. The van der Waals surface area contributed by atoms with Gasteiger partial charge >= 0.3 is 26.9 Å². The van der Waals surface area contributed by atoms with E-state index in [2.05, 4.69) is 88.8 Å². The summed E-state index contributed by atoms with van der Waals surface area (Å²) in [4.78, 5) is 90.7. The highest BCUT2D eigenvalue weighted by molar-refractivity contribution is 8.07. The molecule has 0 aliphatic carbocycles. The second kappa shape index (κ2) is 60.1. The van der Waals surface area contributed by atoms with E-state index < -0.39 is 26.9 Å². The van der Waals surface area contributed by atoms with Crippen LogP contribution in [0.5, 0.6) is 0 Å². The van der Waals surface area contributed by atoms with Gasteiger partial charge in [-0.15, -0.1) is 0 Å². The van der Waals surface area contributed by atoms with E-state index in [4.69, 9.17) is 58.7 Å². The highest BCUT2D eigenvalue weighted by Crippen LogP contribution is 2.28. The predicted octanol–water partition coefficient (Wildman–Crippen LogP) is 12.7. The molecule has 0 aliphatic heterocycles. The second-order valence-electron chi connectivity index (χ2n) is 14.6. The van der Waals surface area contributed by atoms with Gasteiger partial charge in [0.25, 0.3) is 0 Å². The highest BCUT2D eigenvalue weighted by atomic mass is 32.5. The third-order valence-corrected chi connectivity index (χ3v) is 8.12. The van der Waals surface area contributed by atoms with Gasteiger partial charge in [-0.2, -0.15) is 0 Å². The second-order valence-corrected chi connectivity index (χ2v) is 24.6. The van der Waals surface area contributed by atoms with Crippen molar-refractivity contribution in [2.24, 2.45) is 0 Å². The lowest BCUT2D eigenvalue weighted by Gasteiger charge is -2.00. The Labute approximate surface area is 384 Å². The van der Waals surface area contributed by atoms with Crippen LogP contribution in [0.25, 0.3) is 0 Å². The van der Waals surface area contributed by atoms with Crippen LogP contribution in [0.15, 0.2) is 0 Å². The summed E-state index contributed by atoms with van der Waals surface area (Å²) in [7, 11) is 0. The molecule has 12 nitrogen and oxygen atoms in total. The van der Waals surface area contributed by atoms with Gasteiger partial charge in [0.1, 0.15) is 0 Å². The van der Waals surface area contributed by atoms with Gasteiger partial charge < -0.3 is 58.7 Å². The molecule has 368 valence electrons. The first-order chi connectivity index (χ1) is 27.2.